The van der Waals surface area contributed by atoms with Crippen LogP contribution >= 0.6 is 0 Å². The van der Waals surface area contributed by atoms with Crippen LogP contribution in [-0.4, -0.2) is 12.3 Å². The van der Waals surface area contributed by atoms with Crippen LogP contribution in [0.25, 0.3) is 0 Å². The molecule has 1 aliphatic rings. The molecule has 1 aliphatic carbocycles. The first-order chi connectivity index (χ1) is 7.99. The molecule has 94 valence electrons. The number of aryl methyl sites for hydroxylation is 1. The number of hydrogen-bond acceptors (Lipinski definition) is 0. The second kappa shape index (κ2) is 4.67. The maximum Gasteiger partial charge on any atom is 0.132 e. The molecule has 0 nitrogen and oxygen atoms in total. The normalized spacial score (nSPS) is 29.4. The average Bonchev–Trinajstić information content (AvgIpc) is 2.21. The second-order valence-corrected chi connectivity index (χ2v) is 4.68. The van der Waals surface area contributed by atoms with Gasteiger partial charge in [0.15, 0.2) is 0 Å². The summed E-state index contributed by atoms with van der Waals surface area (Å²) >= 11 is 0. The van der Waals surface area contributed by atoms with E-state index in [2.05, 4.69) is 0 Å². The zero-order chi connectivity index (χ0) is 12.6. The first-order valence-corrected chi connectivity index (χ1v) is 5.72. The van der Waals surface area contributed by atoms with Gasteiger partial charge >= 0.3 is 0 Å². The first kappa shape index (κ1) is 12.4. The Morgan fingerprint density at radius 2 is 1.59 bits per heavy atom. The highest BCUT2D eigenvalue weighted by molar-refractivity contribution is 5.29. The SMILES string of the molecule is Cc1cc(F)c(C2CCC(F)C(F)C2)c(F)c1. The fourth-order valence-electron chi connectivity index (χ4n) is 2.44. The van der Waals surface area contributed by atoms with Crippen LogP contribution in [0, 0.1) is 18.6 Å². The van der Waals surface area contributed by atoms with E-state index in [9.17, 15) is 17.6 Å². The lowest BCUT2D eigenvalue weighted by Gasteiger charge is -2.28. The predicted octanol–water partition coefficient (Wildman–Crippen LogP) is 4.22. The number of halogens is 4. The van der Waals surface area contributed by atoms with Crippen molar-refractivity contribution in [1.29, 1.82) is 0 Å². The summed E-state index contributed by atoms with van der Waals surface area (Å²) in [7, 11) is 0. The summed E-state index contributed by atoms with van der Waals surface area (Å²) in [5.74, 6) is -1.87. The van der Waals surface area contributed by atoms with Crippen LogP contribution in [0.2, 0.25) is 0 Å². The molecule has 0 amide bonds. The molecule has 1 aromatic rings. The smallest absolute Gasteiger partial charge is 0.132 e. The molecule has 0 aliphatic heterocycles. The molecule has 1 saturated carbocycles. The lowest BCUT2D eigenvalue weighted by molar-refractivity contribution is 0.107. The minimum absolute atomic E-state index is 0.0264. The zero-order valence-electron chi connectivity index (χ0n) is 9.52. The van der Waals surface area contributed by atoms with Crippen molar-refractivity contribution in [2.75, 3.05) is 0 Å². The molecule has 4 heteroatoms. The Morgan fingerprint density at radius 1 is 1.00 bits per heavy atom. The van der Waals surface area contributed by atoms with Gasteiger partial charge in [0.05, 0.1) is 0 Å². The third kappa shape index (κ3) is 2.45. The minimum atomic E-state index is -1.62. The molecule has 1 fully saturated rings. The van der Waals surface area contributed by atoms with E-state index in [-0.39, 0.29) is 18.4 Å². The summed E-state index contributed by atoms with van der Waals surface area (Å²) in [4.78, 5) is 0. The van der Waals surface area contributed by atoms with Gasteiger partial charge in [-0.1, -0.05) is 0 Å². The van der Waals surface area contributed by atoms with Crippen molar-refractivity contribution in [3.05, 3.63) is 34.9 Å². The van der Waals surface area contributed by atoms with Crippen molar-refractivity contribution in [1.82, 2.24) is 0 Å². The number of hydrogen-bond donors (Lipinski definition) is 0. The maximum atomic E-state index is 13.7. The molecule has 17 heavy (non-hydrogen) atoms. The van der Waals surface area contributed by atoms with Gasteiger partial charge in [0.25, 0.3) is 0 Å². The van der Waals surface area contributed by atoms with Gasteiger partial charge < -0.3 is 0 Å². The van der Waals surface area contributed by atoms with E-state index < -0.39 is 29.9 Å². The maximum absolute atomic E-state index is 13.7. The third-order valence-electron chi connectivity index (χ3n) is 3.32. The van der Waals surface area contributed by atoms with E-state index in [0.717, 1.165) is 0 Å². The van der Waals surface area contributed by atoms with Crippen LogP contribution in [0.5, 0.6) is 0 Å². The molecule has 2 rings (SSSR count). The largest absolute Gasteiger partial charge is 0.244 e. The first-order valence-electron chi connectivity index (χ1n) is 5.72. The van der Waals surface area contributed by atoms with Crippen LogP contribution < -0.4 is 0 Å². The number of rotatable bonds is 1. The van der Waals surface area contributed by atoms with Crippen molar-refractivity contribution in [2.24, 2.45) is 0 Å². The highest BCUT2D eigenvalue weighted by Crippen LogP contribution is 2.38. The summed E-state index contributed by atoms with van der Waals surface area (Å²) < 4.78 is 53.5. The van der Waals surface area contributed by atoms with Crippen LogP contribution in [0.1, 0.15) is 36.3 Å². The van der Waals surface area contributed by atoms with Gasteiger partial charge in [-0.15, -0.1) is 0 Å². The molecule has 3 unspecified atom stereocenters. The molecule has 0 spiro atoms. The second-order valence-electron chi connectivity index (χ2n) is 4.68. The lowest BCUT2D eigenvalue weighted by Crippen LogP contribution is -2.27. The van der Waals surface area contributed by atoms with Crippen LogP contribution in [-0.2, 0) is 0 Å². The molecular formula is C13H14F4. The van der Waals surface area contributed by atoms with Crippen molar-refractivity contribution < 1.29 is 17.6 Å². The summed E-state index contributed by atoms with van der Waals surface area (Å²) in [6.07, 6.45) is -2.94. The standard InChI is InChI=1S/C13H14F4/c1-7-4-11(16)13(12(17)5-7)8-2-3-9(14)10(15)6-8/h4-5,8-10H,2-3,6H2,1H3. The van der Waals surface area contributed by atoms with Gasteiger partial charge in [-0.2, -0.15) is 0 Å². The Labute approximate surface area is 97.6 Å². The van der Waals surface area contributed by atoms with Crippen LogP contribution in [0.3, 0.4) is 0 Å². The van der Waals surface area contributed by atoms with Crippen LogP contribution in [0.4, 0.5) is 17.6 Å². The van der Waals surface area contributed by atoms with E-state index in [0.29, 0.717) is 12.0 Å². The molecule has 0 heterocycles. The summed E-state index contributed by atoms with van der Waals surface area (Å²) in [6, 6.07) is 2.46. The van der Waals surface area contributed by atoms with Crippen molar-refractivity contribution in [3.63, 3.8) is 0 Å². The molecular weight excluding hydrogens is 232 g/mol. The minimum Gasteiger partial charge on any atom is -0.244 e. The topological polar surface area (TPSA) is 0 Å². The molecule has 1 aromatic carbocycles. The summed E-state index contributed by atoms with van der Waals surface area (Å²) in [5.41, 5.74) is 0.393. The number of benzene rings is 1. The fraction of sp³-hybridized carbons (Fsp3) is 0.538. The highest BCUT2D eigenvalue weighted by atomic mass is 19.2. The van der Waals surface area contributed by atoms with E-state index in [1.807, 2.05) is 0 Å². The van der Waals surface area contributed by atoms with Gasteiger partial charge in [0.1, 0.15) is 24.0 Å². The zero-order valence-corrected chi connectivity index (χ0v) is 9.52. The van der Waals surface area contributed by atoms with Gasteiger partial charge in [-0.3, -0.25) is 0 Å². The van der Waals surface area contributed by atoms with Gasteiger partial charge in [0.2, 0.25) is 0 Å². The van der Waals surface area contributed by atoms with Crippen molar-refractivity contribution in [2.45, 2.75) is 44.4 Å². The Balaban J connectivity index is 2.29. The van der Waals surface area contributed by atoms with Crippen molar-refractivity contribution >= 4 is 0 Å². The molecule has 0 aromatic heterocycles. The molecule has 0 radical (unpaired) electrons. The van der Waals surface area contributed by atoms with Gasteiger partial charge in [-0.25, -0.2) is 17.6 Å². The van der Waals surface area contributed by atoms with E-state index >= 15 is 0 Å². The number of alkyl halides is 2. The summed E-state index contributed by atoms with van der Waals surface area (Å²) in [6.45, 7) is 1.59. The predicted molar refractivity (Wildman–Crippen MR) is 57.5 cm³/mol. The molecule has 0 saturated heterocycles. The Morgan fingerprint density at radius 3 is 2.12 bits per heavy atom. The van der Waals surface area contributed by atoms with Crippen LogP contribution in [0.15, 0.2) is 12.1 Å². The van der Waals surface area contributed by atoms with Crippen molar-refractivity contribution in [3.8, 4) is 0 Å². The molecule has 3 atom stereocenters. The monoisotopic (exact) mass is 246 g/mol. The average molecular weight is 246 g/mol. The van der Waals surface area contributed by atoms with E-state index in [1.165, 1.54) is 12.1 Å². The van der Waals surface area contributed by atoms with Gasteiger partial charge in [0, 0.05) is 5.56 Å². The summed E-state index contributed by atoms with van der Waals surface area (Å²) in [5, 5.41) is 0. The Hall–Kier alpha value is -1.06. The third-order valence-corrected chi connectivity index (χ3v) is 3.32. The Kier molecular flexibility index (Phi) is 3.40. The quantitative estimate of drug-likeness (QED) is 0.651. The van der Waals surface area contributed by atoms with E-state index in [1.54, 1.807) is 6.92 Å². The van der Waals surface area contributed by atoms with Gasteiger partial charge in [-0.05, 0) is 49.8 Å². The lowest BCUT2D eigenvalue weighted by atomic mass is 9.81. The molecule has 0 N–H and O–H groups in total. The Bertz CT molecular complexity index is 393. The fourth-order valence-corrected chi connectivity index (χ4v) is 2.44. The van der Waals surface area contributed by atoms with E-state index in [4.69, 9.17) is 0 Å². The molecule has 0 bridgehead atoms. The highest BCUT2D eigenvalue weighted by Gasteiger charge is 2.33.